The number of rotatable bonds is 5. The SMILES string of the molecule is CS(=O)(=O)n1ncc2c(Nc3ncc(C(F)(F)F)c(N[C@H]4CCOC4)n3)cccc21. The topological polar surface area (TPSA) is 111 Å². The van der Waals surface area contributed by atoms with E-state index >= 15 is 0 Å². The predicted octanol–water partition coefficient (Wildman–Crippen LogP) is 2.60. The van der Waals surface area contributed by atoms with Crippen LogP contribution in [0.15, 0.2) is 30.6 Å². The number of nitrogens with one attached hydrogen (secondary N) is 2. The van der Waals surface area contributed by atoms with Gasteiger partial charge in [0.05, 0.1) is 36.3 Å². The Labute approximate surface area is 169 Å². The van der Waals surface area contributed by atoms with Gasteiger partial charge in [-0.15, -0.1) is 0 Å². The summed E-state index contributed by atoms with van der Waals surface area (Å²) in [6.45, 7) is 0.746. The lowest BCUT2D eigenvalue weighted by atomic mass is 10.2. The van der Waals surface area contributed by atoms with Gasteiger partial charge in [0.2, 0.25) is 5.95 Å². The van der Waals surface area contributed by atoms with Gasteiger partial charge in [0.15, 0.2) is 0 Å². The zero-order chi connectivity index (χ0) is 21.5. The first kappa shape index (κ1) is 20.3. The van der Waals surface area contributed by atoms with E-state index in [2.05, 4.69) is 25.7 Å². The fourth-order valence-corrected chi connectivity index (χ4v) is 3.86. The van der Waals surface area contributed by atoms with Gasteiger partial charge in [-0.1, -0.05) is 6.07 Å². The van der Waals surface area contributed by atoms with Crippen LogP contribution in [0, 0.1) is 0 Å². The first-order valence-electron chi connectivity index (χ1n) is 8.86. The quantitative estimate of drug-likeness (QED) is 0.620. The van der Waals surface area contributed by atoms with E-state index in [1.165, 1.54) is 6.20 Å². The number of ether oxygens (including phenoxy) is 1. The van der Waals surface area contributed by atoms with Crippen molar-refractivity contribution in [3.8, 4) is 0 Å². The number of hydrogen-bond acceptors (Lipinski definition) is 8. The molecule has 2 aromatic heterocycles. The molecule has 1 aliphatic heterocycles. The van der Waals surface area contributed by atoms with Crippen molar-refractivity contribution >= 4 is 38.4 Å². The minimum atomic E-state index is -4.63. The molecule has 3 heterocycles. The highest BCUT2D eigenvalue weighted by Gasteiger charge is 2.36. The van der Waals surface area contributed by atoms with E-state index in [0.717, 1.165) is 10.3 Å². The van der Waals surface area contributed by atoms with Gasteiger partial charge in [-0.2, -0.15) is 27.3 Å². The van der Waals surface area contributed by atoms with Crippen molar-refractivity contribution in [2.75, 3.05) is 30.1 Å². The van der Waals surface area contributed by atoms with Crippen LogP contribution >= 0.6 is 0 Å². The van der Waals surface area contributed by atoms with Crippen molar-refractivity contribution in [2.24, 2.45) is 0 Å². The van der Waals surface area contributed by atoms with Gasteiger partial charge < -0.3 is 15.4 Å². The van der Waals surface area contributed by atoms with Crippen LogP contribution in [-0.2, 0) is 20.9 Å². The third kappa shape index (κ3) is 4.03. The predicted molar refractivity (Wildman–Crippen MR) is 103 cm³/mol. The third-order valence-corrected chi connectivity index (χ3v) is 5.43. The summed E-state index contributed by atoms with van der Waals surface area (Å²) in [5, 5.41) is 9.94. The van der Waals surface area contributed by atoms with Crippen LogP contribution < -0.4 is 10.6 Å². The number of aromatic nitrogens is 4. The molecule has 13 heteroatoms. The maximum Gasteiger partial charge on any atom is 0.421 e. The zero-order valence-electron chi connectivity index (χ0n) is 15.6. The number of fused-ring (bicyclic) bond motifs is 1. The summed E-state index contributed by atoms with van der Waals surface area (Å²) in [5.41, 5.74) is -0.267. The second-order valence-corrected chi connectivity index (χ2v) is 8.58. The molecular weight excluding hydrogens is 425 g/mol. The van der Waals surface area contributed by atoms with Gasteiger partial charge >= 0.3 is 6.18 Å². The van der Waals surface area contributed by atoms with E-state index in [1.807, 2.05) is 0 Å². The molecule has 4 rings (SSSR count). The van der Waals surface area contributed by atoms with Crippen molar-refractivity contribution in [3.05, 3.63) is 36.2 Å². The molecule has 1 saturated heterocycles. The van der Waals surface area contributed by atoms with E-state index < -0.39 is 21.8 Å². The van der Waals surface area contributed by atoms with Gasteiger partial charge in [-0.25, -0.2) is 13.4 Å². The molecular formula is C17H17F3N6O3S. The second-order valence-electron chi connectivity index (χ2n) is 6.77. The minimum absolute atomic E-state index is 0.0796. The molecule has 0 aliphatic carbocycles. The Morgan fingerprint density at radius 2 is 2.07 bits per heavy atom. The highest BCUT2D eigenvalue weighted by molar-refractivity contribution is 7.89. The van der Waals surface area contributed by atoms with Crippen molar-refractivity contribution in [1.82, 2.24) is 19.2 Å². The Bertz CT molecular complexity index is 1190. The molecule has 9 nitrogen and oxygen atoms in total. The molecule has 0 saturated carbocycles. The molecule has 0 spiro atoms. The Balaban J connectivity index is 1.70. The number of halogens is 3. The van der Waals surface area contributed by atoms with Crippen molar-refractivity contribution in [1.29, 1.82) is 0 Å². The van der Waals surface area contributed by atoms with Gasteiger partial charge in [-0.05, 0) is 18.6 Å². The summed E-state index contributed by atoms with van der Waals surface area (Å²) < 4.78 is 69.9. The molecule has 1 atom stereocenters. The largest absolute Gasteiger partial charge is 0.421 e. The van der Waals surface area contributed by atoms with Gasteiger partial charge in [-0.3, -0.25) is 0 Å². The molecule has 1 aliphatic rings. The van der Waals surface area contributed by atoms with Crippen LogP contribution in [-0.4, -0.2) is 53.1 Å². The number of nitrogens with zero attached hydrogens (tertiary/aromatic N) is 4. The Morgan fingerprint density at radius 3 is 2.73 bits per heavy atom. The summed E-state index contributed by atoms with van der Waals surface area (Å²) in [6.07, 6.45) is -1.00. The van der Waals surface area contributed by atoms with Gasteiger partial charge in [0, 0.05) is 18.2 Å². The molecule has 0 unspecified atom stereocenters. The summed E-state index contributed by atoms with van der Waals surface area (Å²) in [6, 6.07) is 4.49. The number of hydrogen-bond donors (Lipinski definition) is 2. The first-order valence-corrected chi connectivity index (χ1v) is 10.7. The summed E-state index contributed by atoms with van der Waals surface area (Å²) in [5.74, 6) is -0.432. The molecule has 1 fully saturated rings. The van der Waals surface area contributed by atoms with E-state index in [1.54, 1.807) is 18.2 Å². The average molecular weight is 442 g/mol. The molecule has 0 bridgehead atoms. The molecule has 30 heavy (non-hydrogen) atoms. The van der Waals surface area contributed by atoms with Crippen molar-refractivity contribution in [2.45, 2.75) is 18.6 Å². The molecule has 0 amide bonds. The van der Waals surface area contributed by atoms with Crippen molar-refractivity contribution < 1.29 is 26.3 Å². The van der Waals surface area contributed by atoms with E-state index in [4.69, 9.17) is 4.74 Å². The minimum Gasteiger partial charge on any atom is -0.379 e. The van der Waals surface area contributed by atoms with E-state index in [0.29, 0.717) is 35.8 Å². The molecule has 3 aromatic rings. The van der Waals surface area contributed by atoms with E-state index in [-0.39, 0.29) is 24.4 Å². The van der Waals surface area contributed by atoms with Crippen LogP contribution in [0.3, 0.4) is 0 Å². The molecule has 160 valence electrons. The highest BCUT2D eigenvalue weighted by Crippen LogP contribution is 2.35. The average Bonchev–Trinajstić information content (AvgIpc) is 3.30. The van der Waals surface area contributed by atoms with Crippen molar-refractivity contribution in [3.63, 3.8) is 0 Å². The lowest BCUT2D eigenvalue weighted by molar-refractivity contribution is -0.137. The normalized spacial score (nSPS) is 17.4. The highest BCUT2D eigenvalue weighted by atomic mass is 32.2. The van der Waals surface area contributed by atoms with Crippen LogP contribution in [0.1, 0.15) is 12.0 Å². The van der Waals surface area contributed by atoms with Gasteiger partial charge in [0.25, 0.3) is 10.0 Å². The first-order chi connectivity index (χ1) is 14.1. The summed E-state index contributed by atoms with van der Waals surface area (Å²) in [4.78, 5) is 7.79. The number of alkyl halides is 3. The number of anilines is 3. The van der Waals surface area contributed by atoms with Crippen LogP contribution in [0.2, 0.25) is 0 Å². The molecule has 0 radical (unpaired) electrons. The standard InChI is InChI=1S/C17H17F3N6O3S/c1-30(27,28)26-14-4-2-3-13(11(14)7-22-26)24-16-21-8-12(17(18,19)20)15(25-16)23-10-5-6-29-9-10/h2-4,7-8,10H,5-6,9H2,1H3,(H2,21,23,24,25)/t10-/m0/s1. The summed E-state index contributed by atoms with van der Waals surface area (Å²) in [7, 11) is -3.62. The van der Waals surface area contributed by atoms with Gasteiger partial charge in [0.1, 0.15) is 11.4 Å². The summed E-state index contributed by atoms with van der Waals surface area (Å²) >= 11 is 0. The lowest BCUT2D eigenvalue weighted by Crippen LogP contribution is -2.23. The molecule has 1 aromatic carbocycles. The van der Waals surface area contributed by atoms with E-state index in [9.17, 15) is 21.6 Å². The molecule has 2 N–H and O–H groups in total. The Morgan fingerprint density at radius 1 is 1.27 bits per heavy atom. The Hall–Kier alpha value is -2.93. The smallest absolute Gasteiger partial charge is 0.379 e. The number of benzene rings is 1. The fraction of sp³-hybridized carbons (Fsp3) is 0.353. The third-order valence-electron chi connectivity index (χ3n) is 4.51. The Kier molecular flexibility index (Phi) is 5.02. The maximum absolute atomic E-state index is 13.4. The van der Waals surface area contributed by atoms with Crippen LogP contribution in [0.25, 0.3) is 10.9 Å². The fourth-order valence-electron chi connectivity index (χ4n) is 3.12. The monoisotopic (exact) mass is 442 g/mol. The second kappa shape index (κ2) is 7.40. The zero-order valence-corrected chi connectivity index (χ0v) is 16.5. The maximum atomic E-state index is 13.4. The van der Waals surface area contributed by atoms with Crippen LogP contribution in [0.4, 0.5) is 30.6 Å². The van der Waals surface area contributed by atoms with Crippen LogP contribution in [0.5, 0.6) is 0 Å². The lowest BCUT2D eigenvalue weighted by Gasteiger charge is -2.17.